The van der Waals surface area contributed by atoms with Crippen molar-refractivity contribution < 1.29 is 14.3 Å². The number of ether oxygens (including phenoxy) is 2. The Labute approximate surface area is 130 Å². The van der Waals surface area contributed by atoms with Gasteiger partial charge in [-0.2, -0.15) is 0 Å². The highest BCUT2D eigenvalue weighted by atomic mass is 16.6. The number of hydrogen-bond acceptors (Lipinski definition) is 3. The first-order valence-electron chi connectivity index (χ1n) is 7.44. The number of carbonyl (C=O) groups is 1. The molecule has 0 aliphatic carbocycles. The van der Waals surface area contributed by atoms with E-state index < -0.39 is 0 Å². The highest BCUT2D eigenvalue weighted by Gasteiger charge is 2.16. The molecular weight excluding hydrogens is 278 g/mol. The highest BCUT2D eigenvalue weighted by Crippen LogP contribution is 2.33. The number of rotatable bonds is 4. The Morgan fingerprint density at radius 2 is 1.77 bits per heavy atom. The molecule has 1 aliphatic heterocycles. The summed E-state index contributed by atoms with van der Waals surface area (Å²) in [5.41, 5.74) is 1.99. The molecule has 1 amide bonds. The maximum atomic E-state index is 12.3. The quantitative estimate of drug-likeness (QED) is 0.870. The number of fused-ring (bicyclic) bond motifs is 1. The summed E-state index contributed by atoms with van der Waals surface area (Å²) in [4.78, 5) is 14.0. The number of hydrogen-bond donors (Lipinski definition) is 0. The Kier molecular flexibility index (Phi) is 4.28. The second-order valence-corrected chi connectivity index (χ2v) is 5.27. The minimum atomic E-state index is 0.0838. The van der Waals surface area contributed by atoms with Crippen molar-refractivity contribution in [3.8, 4) is 11.5 Å². The van der Waals surface area contributed by atoms with Gasteiger partial charge in [0.1, 0.15) is 13.2 Å². The first-order chi connectivity index (χ1) is 10.7. The van der Waals surface area contributed by atoms with Crippen LogP contribution in [0, 0.1) is 0 Å². The second-order valence-electron chi connectivity index (χ2n) is 5.27. The van der Waals surface area contributed by atoms with Crippen LogP contribution in [0.2, 0.25) is 0 Å². The summed E-state index contributed by atoms with van der Waals surface area (Å²) >= 11 is 0. The molecule has 2 aromatic carbocycles. The van der Waals surface area contributed by atoms with Crippen LogP contribution in [0.15, 0.2) is 48.5 Å². The largest absolute Gasteiger partial charge is 0.486 e. The van der Waals surface area contributed by atoms with Gasteiger partial charge in [-0.15, -0.1) is 0 Å². The van der Waals surface area contributed by atoms with E-state index >= 15 is 0 Å². The molecule has 2 aromatic rings. The zero-order chi connectivity index (χ0) is 15.4. The van der Waals surface area contributed by atoms with Gasteiger partial charge in [0.2, 0.25) is 5.91 Å². The van der Waals surface area contributed by atoms with Gasteiger partial charge in [0.25, 0.3) is 0 Å². The highest BCUT2D eigenvalue weighted by molar-refractivity contribution is 5.93. The summed E-state index contributed by atoms with van der Waals surface area (Å²) in [5.74, 6) is 1.52. The molecule has 0 atom stereocenters. The third-order valence-corrected chi connectivity index (χ3v) is 3.76. The van der Waals surface area contributed by atoms with Crippen LogP contribution in [0.25, 0.3) is 0 Å². The van der Waals surface area contributed by atoms with Crippen molar-refractivity contribution in [3.63, 3.8) is 0 Å². The lowest BCUT2D eigenvalue weighted by Crippen LogP contribution is -2.26. The second kappa shape index (κ2) is 6.52. The van der Waals surface area contributed by atoms with Crippen molar-refractivity contribution in [3.05, 3.63) is 54.1 Å². The van der Waals surface area contributed by atoms with Gasteiger partial charge in [0, 0.05) is 25.2 Å². The molecular formula is C18H19NO3. The van der Waals surface area contributed by atoms with E-state index in [1.807, 2.05) is 48.5 Å². The van der Waals surface area contributed by atoms with Gasteiger partial charge >= 0.3 is 0 Å². The SMILES string of the molecule is CN(C(=O)CCc1ccccc1)c1ccc2c(c1)OCCO2. The molecule has 114 valence electrons. The van der Waals surface area contributed by atoms with Crippen molar-refractivity contribution in [1.29, 1.82) is 0 Å². The van der Waals surface area contributed by atoms with Crippen LogP contribution in [0.4, 0.5) is 5.69 Å². The average Bonchev–Trinajstić information content (AvgIpc) is 2.59. The molecule has 0 radical (unpaired) electrons. The number of benzene rings is 2. The Morgan fingerprint density at radius 3 is 2.55 bits per heavy atom. The van der Waals surface area contributed by atoms with Gasteiger partial charge in [-0.3, -0.25) is 4.79 Å². The molecule has 0 fully saturated rings. The standard InChI is InChI=1S/C18H19NO3/c1-19(18(20)10-7-14-5-3-2-4-6-14)15-8-9-16-17(13-15)22-12-11-21-16/h2-6,8-9,13H,7,10-12H2,1H3. The number of amides is 1. The zero-order valence-electron chi connectivity index (χ0n) is 12.6. The van der Waals surface area contributed by atoms with Gasteiger partial charge in [-0.1, -0.05) is 30.3 Å². The maximum absolute atomic E-state index is 12.3. The molecule has 0 bridgehead atoms. The monoisotopic (exact) mass is 297 g/mol. The van der Waals surface area contributed by atoms with Crippen molar-refractivity contribution in [2.45, 2.75) is 12.8 Å². The van der Waals surface area contributed by atoms with E-state index in [9.17, 15) is 4.79 Å². The van der Waals surface area contributed by atoms with Crippen molar-refractivity contribution >= 4 is 11.6 Å². The molecule has 0 aromatic heterocycles. The summed E-state index contributed by atoms with van der Waals surface area (Å²) in [6.45, 7) is 1.11. The fourth-order valence-corrected chi connectivity index (χ4v) is 2.45. The van der Waals surface area contributed by atoms with E-state index in [2.05, 4.69) is 0 Å². The zero-order valence-corrected chi connectivity index (χ0v) is 12.6. The van der Waals surface area contributed by atoms with Crippen LogP contribution < -0.4 is 14.4 Å². The number of anilines is 1. The van der Waals surface area contributed by atoms with Crippen LogP contribution >= 0.6 is 0 Å². The Hall–Kier alpha value is -2.49. The van der Waals surface area contributed by atoms with Crippen LogP contribution in [-0.2, 0) is 11.2 Å². The summed E-state index contributed by atoms with van der Waals surface area (Å²) in [5, 5.41) is 0. The van der Waals surface area contributed by atoms with Gasteiger partial charge in [-0.05, 0) is 24.1 Å². The lowest BCUT2D eigenvalue weighted by molar-refractivity contribution is -0.118. The first kappa shape index (κ1) is 14.4. The maximum Gasteiger partial charge on any atom is 0.227 e. The summed E-state index contributed by atoms with van der Waals surface area (Å²) in [7, 11) is 1.79. The normalized spacial score (nSPS) is 12.8. The first-order valence-corrected chi connectivity index (χ1v) is 7.44. The Balaban J connectivity index is 1.65. The van der Waals surface area contributed by atoms with E-state index in [4.69, 9.17) is 9.47 Å². The fourth-order valence-electron chi connectivity index (χ4n) is 2.45. The molecule has 0 spiro atoms. The Bertz CT molecular complexity index is 655. The summed E-state index contributed by atoms with van der Waals surface area (Å²) in [6.07, 6.45) is 1.23. The van der Waals surface area contributed by atoms with E-state index in [1.54, 1.807) is 11.9 Å². The predicted molar refractivity (Wildman–Crippen MR) is 85.6 cm³/mol. The van der Waals surface area contributed by atoms with Gasteiger partial charge in [0.15, 0.2) is 11.5 Å². The predicted octanol–water partition coefficient (Wildman–Crippen LogP) is 3.05. The van der Waals surface area contributed by atoms with Crippen LogP contribution in [0.1, 0.15) is 12.0 Å². The average molecular weight is 297 g/mol. The third kappa shape index (κ3) is 3.22. The smallest absolute Gasteiger partial charge is 0.227 e. The van der Waals surface area contributed by atoms with Crippen molar-refractivity contribution in [2.24, 2.45) is 0 Å². The lowest BCUT2D eigenvalue weighted by Gasteiger charge is -2.22. The van der Waals surface area contributed by atoms with E-state index in [1.165, 1.54) is 5.56 Å². The Morgan fingerprint density at radius 1 is 1.05 bits per heavy atom. The number of carbonyl (C=O) groups excluding carboxylic acids is 1. The van der Waals surface area contributed by atoms with Gasteiger partial charge < -0.3 is 14.4 Å². The van der Waals surface area contributed by atoms with Crippen LogP contribution in [0.3, 0.4) is 0 Å². The van der Waals surface area contributed by atoms with Crippen molar-refractivity contribution in [2.75, 3.05) is 25.2 Å². The molecule has 0 unspecified atom stereocenters. The summed E-state index contributed by atoms with van der Waals surface area (Å²) in [6, 6.07) is 15.6. The van der Waals surface area contributed by atoms with E-state index in [-0.39, 0.29) is 5.91 Å². The third-order valence-electron chi connectivity index (χ3n) is 3.76. The van der Waals surface area contributed by atoms with Gasteiger partial charge in [0.05, 0.1) is 0 Å². The molecule has 4 heteroatoms. The molecule has 1 heterocycles. The molecule has 0 saturated carbocycles. The molecule has 0 saturated heterocycles. The molecule has 1 aliphatic rings. The molecule has 22 heavy (non-hydrogen) atoms. The summed E-state index contributed by atoms with van der Waals surface area (Å²) < 4.78 is 11.1. The number of aryl methyl sites for hydroxylation is 1. The van der Waals surface area contributed by atoms with Gasteiger partial charge in [-0.25, -0.2) is 0 Å². The minimum Gasteiger partial charge on any atom is -0.486 e. The fraction of sp³-hybridized carbons (Fsp3) is 0.278. The minimum absolute atomic E-state index is 0.0838. The van der Waals surface area contributed by atoms with E-state index in [0.717, 1.165) is 17.9 Å². The van der Waals surface area contributed by atoms with E-state index in [0.29, 0.717) is 25.4 Å². The molecule has 0 N–H and O–H groups in total. The molecule has 3 rings (SSSR count). The molecule has 4 nitrogen and oxygen atoms in total. The lowest BCUT2D eigenvalue weighted by atomic mass is 10.1. The van der Waals surface area contributed by atoms with Crippen LogP contribution in [-0.4, -0.2) is 26.2 Å². The van der Waals surface area contributed by atoms with Crippen molar-refractivity contribution in [1.82, 2.24) is 0 Å². The van der Waals surface area contributed by atoms with Crippen LogP contribution in [0.5, 0.6) is 11.5 Å². The topological polar surface area (TPSA) is 38.8 Å². The number of nitrogens with zero attached hydrogens (tertiary/aromatic N) is 1.